The third-order valence-electron chi connectivity index (χ3n) is 2.87. The molecule has 0 aliphatic heterocycles. The largest absolute Gasteiger partial charge is 0.469 e. The summed E-state index contributed by atoms with van der Waals surface area (Å²) in [7, 11) is 1.41. The molecule has 0 bridgehead atoms. The van der Waals surface area contributed by atoms with Gasteiger partial charge in [0.25, 0.3) is 0 Å². The highest BCUT2D eigenvalue weighted by Gasteiger charge is 2.07. The second kappa shape index (κ2) is 4.95. The zero-order valence-corrected chi connectivity index (χ0v) is 10.1. The Labute approximate surface area is 100 Å². The average Bonchev–Trinajstić information content (AvgIpc) is 2.38. The molecule has 2 rings (SSSR count). The van der Waals surface area contributed by atoms with Crippen LogP contribution in [-0.4, -0.2) is 18.1 Å². The quantitative estimate of drug-likeness (QED) is 0.759. The number of aryl methyl sites for hydroxylation is 2. The molecule has 0 aliphatic rings. The Morgan fingerprint density at radius 2 is 2.00 bits per heavy atom. The lowest BCUT2D eigenvalue weighted by Gasteiger charge is -2.07. The molecule has 0 saturated carbocycles. The third kappa shape index (κ3) is 2.44. The van der Waals surface area contributed by atoms with Gasteiger partial charge in [0.15, 0.2) is 0 Å². The number of benzene rings is 1. The lowest BCUT2D eigenvalue weighted by atomic mass is 10.0. The Kier molecular flexibility index (Phi) is 3.38. The van der Waals surface area contributed by atoms with Crippen LogP contribution < -0.4 is 0 Å². The number of aromatic nitrogens is 1. The molecule has 3 heteroatoms. The van der Waals surface area contributed by atoms with Crippen LogP contribution in [0.5, 0.6) is 0 Å². The van der Waals surface area contributed by atoms with Crippen LogP contribution in [0.3, 0.4) is 0 Å². The first-order valence-corrected chi connectivity index (χ1v) is 5.62. The second-order valence-corrected chi connectivity index (χ2v) is 4.01. The fraction of sp³-hybridized carbons (Fsp3) is 0.286. The SMILES string of the molecule is COC(=O)CCc1ncc(C)c2ccccc12. The second-order valence-electron chi connectivity index (χ2n) is 4.01. The Bertz CT molecular complexity index is 549. The van der Waals surface area contributed by atoms with E-state index in [2.05, 4.69) is 15.8 Å². The summed E-state index contributed by atoms with van der Waals surface area (Å²) in [6.45, 7) is 2.04. The average molecular weight is 229 g/mol. The van der Waals surface area contributed by atoms with Gasteiger partial charge in [0.2, 0.25) is 0 Å². The number of rotatable bonds is 3. The van der Waals surface area contributed by atoms with E-state index in [0.717, 1.165) is 16.6 Å². The van der Waals surface area contributed by atoms with Gasteiger partial charge in [-0.25, -0.2) is 0 Å². The molecule has 1 heterocycles. The number of fused-ring (bicyclic) bond motifs is 1. The molecule has 0 amide bonds. The summed E-state index contributed by atoms with van der Waals surface area (Å²) in [5.74, 6) is -0.198. The number of methoxy groups -OCH3 is 1. The molecular formula is C14H15NO2. The molecule has 3 nitrogen and oxygen atoms in total. The molecule has 0 N–H and O–H groups in total. The van der Waals surface area contributed by atoms with Gasteiger partial charge in [0, 0.05) is 23.7 Å². The predicted octanol–water partition coefficient (Wildman–Crippen LogP) is 2.65. The van der Waals surface area contributed by atoms with Gasteiger partial charge >= 0.3 is 5.97 Å². The summed E-state index contributed by atoms with van der Waals surface area (Å²) >= 11 is 0. The van der Waals surface area contributed by atoms with Gasteiger partial charge < -0.3 is 4.74 Å². The molecule has 1 aromatic carbocycles. The first kappa shape index (κ1) is 11.6. The van der Waals surface area contributed by atoms with Crippen LogP contribution in [0.25, 0.3) is 10.8 Å². The lowest BCUT2D eigenvalue weighted by Crippen LogP contribution is -2.03. The zero-order chi connectivity index (χ0) is 12.3. The molecule has 1 aromatic heterocycles. The van der Waals surface area contributed by atoms with Crippen molar-refractivity contribution in [1.82, 2.24) is 4.98 Å². The first-order chi connectivity index (χ1) is 8.22. The summed E-state index contributed by atoms with van der Waals surface area (Å²) in [4.78, 5) is 15.5. The van der Waals surface area contributed by atoms with Crippen LogP contribution >= 0.6 is 0 Å². The monoisotopic (exact) mass is 229 g/mol. The van der Waals surface area contributed by atoms with Crippen molar-refractivity contribution in [3.63, 3.8) is 0 Å². The maximum atomic E-state index is 11.1. The minimum atomic E-state index is -0.198. The maximum Gasteiger partial charge on any atom is 0.305 e. The van der Waals surface area contributed by atoms with Crippen LogP contribution in [0.1, 0.15) is 17.7 Å². The van der Waals surface area contributed by atoms with Gasteiger partial charge in [-0.3, -0.25) is 9.78 Å². The Morgan fingerprint density at radius 3 is 2.71 bits per heavy atom. The molecule has 0 atom stereocenters. The van der Waals surface area contributed by atoms with Crippen LogP contribution in [0, 0.1) is 6.92 Å². The number of carbonyl (C=O) groups excluding carboxylic acids is 1. The van der Waals surface area contributed by atoms with E-state index in [1.807, 2.05) is 31.3 Å². The van der Waals surface area contributed by atoms with Gasteiger partial charge in [0.05, 0.1) is 13.5 Å². The normalized spacial score (nSPS) is 10.5. The molecule has 0 spiro atoms. The Morgan fingerprint density at radius 1 is 1.29 bits per heavy atom. The minimum Gasteiger partial charge on any atom is -0.469 e. The van der Waals surface area contributed by atoms with E-state index in [1.54, 1.807) is 0 Å². The van der Waals surface area contributed by atoms with Crippen molar-refractivity contribution in [2.75, 3.05) is 7.11 Å². The Hall–Kier alpha value is -1.90. The molecule has 0 radical (unpaired) electrons. The van der Waals surface area contributed by atoms with E-state index in [9.17, 15) is 4.79 Å². The molecular weight excluding hydrogens is 214 g/mol. The minimum absolute atomic E-state index is 0.198. The van der Waals surface area contributed by atoms with E-state index in [0.29, 0.717) is 12.8 Å². The highest BCUT2D eigenvalue weighted by molar-refractivity contribution is 5.87. The number of hydrogen-bond acceptors (Lipinski definition) is 3. The van der Waals surface area contributed by atoms with Gasteiger partial charge in [-0.05, 0) is 17.9 Å². The topological polar surface area (TPSA) is 39.2 Å². The van der Waals surface area contributed by atoms with Crippen molar-refractivity contribution in [3.8, 4) is 0 Å². The summed E-state index contributed by atoms with van der Waals surface area (Å²) in [5, 5.41) is 2.32. The maximum absolute atomic E-state index is 11.1. The van der Waals surface area contributed by atoms with Crippen molar-refractivity contribution < 1.29 is 9.53 Å². The van der Waals surface area contributed by atoms with Crippen molar-refractivity contribution >= 4 is 16.7 Å². The molecule has 0 saturated heterocycles. The number of esters is 1. The molecule has 0 fully saturated rings. The van der Waals surface area contributed by atoms with Crippen molar-refractivity contribution in [1.29, 1.82) is 0 Å². The van der Waals surface area contributed by atoms with Crippen LogP contribution in [0.4, 0.5) is 0 Å². The van der Waals surface area contributed by atoms with Crippen LogP contribution in [0.2, 0.25) is 0 Å². The van der Waals surface area contributed by atoms with Crippen molar-refractivity contribution in [2.24, 2.45) is 0 Å². The van der Waals surface area contributed by atoms with E-state index in [4.69, 9.17) is 0 Å². The number of carbonyl (C=O) groups is 1. The first-order valence-electron chi connectivity index (χ1n) is 5.62. The van der Waals surface area contributed by atoms with E-state index < -0.39 is 0 Å². The van der Waals surface area contributed by atoms with E-state index >= 15 is 0 Å². The van der Waals surface area contributed by atoms with Crippen molar-refractivity contribution in [2.45, 2.75) is 19.8 Å². The van der Waals surface area contributed by atoms with Crippen LogP contribution in [0.15, 0.2) is 30.5 Å². The number of nitrogens with zero attached hydrogens (tertiary/aromatic N) is 1. The summed E-state index contributed by atoms with van der Waals surface area (Å²) < 4.78 is 4.64. The van der Waals surface area contributed by atoms with Crippen molar-refractivity contribution in [3.05, 3.63) is 41.7 Å². The van der Waals surface area contributed by atoms with Gasteiger partial charge in [-0.2, -0.15) is 0 Å². The molecule has 88 valence electrons. The predicted molar refractivity (Wildman–Crippen MR) is 66.8 cm³/mol. The summed E-state index contributed by atoms with van der Waals surface area (Å²) in [6.07, 6.45) is 2.85. The molecule has 17 heavy (non-hydrogen) atoms. The fourth-order valence-electron chi connectivity index (χ4n) is 1.91. The highest BCUT2D eigenvalue weighted by Crippen LogP contribution is 2.21. The fourth-order valence-corrected chi connectivity index (χ4v) is 1.91. The smallest absolute Gasteiger partial charge is 0.305 e. The van der Waals surface area contributed by atoms with Crippen LogP contribution in [-0.2, 0) is 16.0 Å². The van der Waals surface area contributed by atoms with Gasteiger partial charge in [-0.15, -0.1) is 0 Å². The molecule has 0 unspecified atom stereocenters. The number of pyridine rings is 1. The van der Waals surface area contributed by atoms with E-state index in [1.165, 1.54) is 12.5 Å². The third-order valence-corrected chi connectivity index (χ3v) is 2.87. The summed E-state index contributed by atoms with van der Waals surface area (Å²) in [5.41, 5.74) is 2.11. The zero-order valence-electron chi connectivity index (χ0n) is 10.1. The number of ether oxygens (including phenoxy) is 1. The lowest BCUT2D eigenvalue weighted by molar-refractivity contribution is -0.140. The van der Waals surface area contributed by atoms with Gasteiger partial charge in [-0.1, -0.05) is 24.3 Å². The van der Waals surface area contributed by atoms with E-state index in [-0.39, 0.29) is 5.97 Å². The highest BCUT2D eigenvalue weighted by atomic mass is 16.5. The summed E-state index contributed by atoms with van der Waals surface area (Å²) in [6, 6.07) is 8.13. The standard InChI is InChI=1S/C14H15NO2/c1-10-9-15-13(7-8-14(16)17-2)12-6-4-3-5-11(10)12/h3-6,9H,7-8H2,1-2H3. The number of hydrogen-bond donors (Lipinski definition) is 0. The molecule has 2 aromatic rings. The Balaban J connectivity index is 2.35. The molecule has 0 aliphatic carbocycles. The van der Waals surface area contributed by atoms with Gasteiger partial charge in [0.1, 0.15) is 0 Å².